The van der Waals surface area contributed by atoms with Crippen LogP contribution in [0.5, 0.6) is 0 Å². The fourth-order valence-electron chi connectivity index (χ4n) is 3.44. The monoisotopic (exact) mass is 351 g/mol. The lowest BCUT2D eigenvalue weighted by Crippen LogP contribution is -2.44. The van der Waals surface area contributed by atoms with Crippen molar-refractivity contribution in [2.45, 2.75) is 32.9 Å². The predicted octanol–water partition coefficient (Wildman–Crippen LogP) is 3.57. The van der Waals surface area contributed by atoms with Crippen molar-refractivity contribution in [3.63, 3.8) is 0 Å². The second-order valence-corrected chi connectivity index (χ2v) is 6.97. The maximum Gasteiger partial charge on any atom is 0.322 e. The molecule has 26 heavy (non-hydrogen) atoms. The molecule has 3 rings (SSSR count). The van der Waals surface area contributed by atoms with Gasteiger partial charge in [0.05, 0.1) is 0 Å². The molecule has 3 amide bonds. The maximum atomic E-state index is 12.7. The number of anilines is 1. The number of carbonyl (C=O) groups excluding carboxylic acids is 2. The quantitative estimate of drug-likeness (QED) is 0.915. The fourth-order valence-corrected chi connectivity index (χ4v) is 3.44. The third kappa shape index (κ3) is 4.04. The van der Waals surface area contributed by atoms with Crippen LogP contribution in [0, 0.1) is 13.8 Å². The molecular formula is C21H25N3O2. The Morgan fingerprint density at radius 3 is 2.46 bits per heavy atom. The minimum atomic E-state index is -0.412. The Morgan fingerprint density at radius 1 is 1.15 bits per heavy atom. The van der Waals surface area contributed by atoms with Gasteiger partial charge in [-0.1, -0.05) is 36.4 Å². The highest BCUT2D eigenvalue weighted by atomic mass is 16.2. The van der Waals surface area contributed by atoms with Crippen molar-refractivity contribution in [1.82, 2.24) is 9.80 Å². The predicted molar refractivity (Wildman–Crippen MR) is 103 cm³/mol. The van der Waals surface area contributed by atoms with Crippen molar-refractivity contribution in [2.24, 2.45) is 0 Å². The third-order valence-corrected chi connectivity index (χ3v) is 4.75. The van der Waals surface area contributed by atoms with Gasteiger partial charge in [0.15, 0.2) is 0 Å². The van der Waals surface area contributed by atoms with Gasteiger partial charge < -0.3 is 15.1 Å². The van der Waals surface area contributed by atoms with Crippen molar-refractivity contribution in [1.29, 1.82) is 0 Å². The van der Waals surface area contributed by atoms with Gasteiger partial charge in [0, 0.05) is 25.8 Å². The van der Waals surface area contributed by atoms with Gasteiger partial charge in [-0.05, 0) is 49.1 Å². The Morgan fingerprint density at radius 2 is 1.81 bits per heavy atom. The molecule has 1 atom stereocenters. The van der Waals surface area contributed by atoms with E-state index in [4.69, 9.17) is 0 Å². The summed E-state index contributed by atoms with van der Waals surface area (Å²) in [5.41, 5.74) is 4.04. The van der Waals surface area contributed by atoms with Crippen molar-refractivity contribution in [3.8, 4) is 0 Å². The van der Waals surface area contributed by atoms with Gasteiger partial charge in [-0.3, -0.25) is 4.79 Å². The number of nitrogens with one attached hydrogen (secondary N) is 1. The highest BCUT2D eigenvalue weighted by Crippen LogP contribution is 2.20. The zero-order valence-electron chi connectivity index (χ0n) is 15.5. The van der Waals surface area contributed by atoms with E-state index in [0.717, 1.165) is 22.4 Å². The number of rotatable bonds is 4. The smallest absolute Gasteiger partial charge is 0.322 e. The molecule has 1 heterocycles. The highest BCUT2D eigenvalue weighted by molar-refractivity contribution is 5.94. The first-order valence-corrected chi connectivity index (χ1v) is 8.89. The zero-order valence-corrected chi connectivity index (χ0v) is 15.5. The van der Waals surface area contributed by atoms with E-state index in [2.05, 4.69) is 11.4 Å². The number of amides is 3. The molecule has 1 fully saturated rings. The lowest BCUT2D eigenvalue weighted by molar-refractivity contribution is -0.131. The summed E-state index contributed by atoms with van der Waals surface area (Å²) in [6.07, 6.45) is 0.655. The molecule has 0 saturated carbocycles. The van der Waals surface area contributed by atoms with Crippen molar-refractivity contribution in [3.05, 3.63) is 65.2 Å². The van der Waals surface area contributed by atoms with Crippen molar-refractivity contribution < 1.29 is 9.59 Å². The number of carbonyl (C=O) groups is 2. The summed E-state index contributed by atoms with van der Waals surface area (Å²) >= 11 is 0. The summed E-state index contributed by atoms with van der Waals surface area (Å²) in [6, 6.07) is 15.2. The molecule has 0 spiro atoms. The molecule has 1 aliphatic rings. The summed E-state index contributed by atoms with van der Waals surface area (Å²) in [4.78, 5) is 28.6. The summed E-state index contributed by atoms with van der Waals surface area (Å²) in [5, 5.41) is 2.90. The molecule has 0 radical (unpaired) electrons. The first kappa shape index (κ1) is 18.0. The van der Waals surface area contributed by atoms with Crippen LogP contribution in [0.3, 0.4) is 0 Å². The highest BCUT2D eigenvalue weighted by Gasteiger charge is 2.36. The molecule has 136 valence electrons. The minimum absolute atomic E-state index is 0.00641. The zero-order chi connectivity index (χ0) is 18.7. The van der Waals surface area contributed by atoms with Crippen LogP contribution in [0.4, 0.5) is 10.5 Å². The maximum absolute atomic E-state index is 12.7. The molecule has 5 heteroatoms. The van der Waals surface area contributed by atoms with Gasteiger partial charge in [-0.15, -0.1) is 0 Å². The number of benzene rings is 2. The third-order valence-electron chi connectivity index (χ3n) is 4.75. The molecule has 1 saturated heterocycles. The number of urea groups is 1. The van der Waals surface area contributed by atoms with Crippen LogP contribution in [-0.4, -0.2) is 41.4 Å². The lowest BCUT2D eigenvalue weighted by atomic mass is 10.1. The second-order valence-electron chi connectivity index (χ2n) is 6.97. The molecule has 2 aromatic rings. The summed E-state index contributed by atoms with van der Waals surface area (Å²) in [6.45, 7) is 5.24. The molecule has 0 aromatic heterocycles. The van der Waals surface area contributed by atoms with Crippen LogP contribution in [0.15, 0.2) is 48.5 Å². The molecule has 2 aromatic carbocycles. The van der Waals surface area contributed by atoms with E-state index >= 15 is 0 Å². The van der Waals surface area contributed by atoms with Crippen LogP contribution < -0.4 is 5.32 Å². The Balaban J connectivity index is 1.63. The average molecular weight is 351 g/mol. The molecular weight excluding hydrogens is 326 g/mol. The van der Waals surface area contributed by atoms with E-state index in [0.29, 0.717) is 19.5 Å². The van der Waals surface area contributed by atoms with Crippen LogP contribution >= 0.6 is 0 Å². The summed E-state index contributed by atoms with van der Waals surface area (Å²) in [7, 11) is 1.69. The number of nitrogens with zero attached hydrogens (tertiary/aromatic N) is 2. The average Bonchev–Trinajstić information content (AvgIpc) is 2.95. The van der Waals surface area contributed by atoms with Gasteiger partial charge in [-0.2, -0.15) is 0 Å². The number of hydrogen-bond donors (Lipinski definition) is 1. The van der Waals surface area contributed by atoms with Gasteiger partial charge in [0.2, 0.25) is 5.91 Å². The molecule has 5 nitrogen and oxygen atoms in total. The van der Waals surface area contributed by atoms with Crippen LogP contribution in [0.1, 0.15) is 23.1 Å². The van der Waals surface area contributed by atoms with E-state index in [1.165, 1.54) is 4.90 Å². The largest absolute Gasteiger partial charge is 0.336 e. The minimum Gasteiger partial charge on any atom is -0.336 e. The van der Waals surface area contributed by atoms with Gasteiger partial charge in [0.1, 0.15) is 6.04 Å². The Kier molecular flexibility index (Phi) is 5.26. The standard InChI is InChI=1S/C21H25N3O2/c1-15-11-16(2)13-18(12-15)22-21(26)23(3)19-9-10-24(20(19)25)14-17-7-5-4-6-8-17/h4-8,11-13,19H,9-10,14H2,1-3H3,(H,22,26)/t19-/m0/s1. The summed E-state index contributed by atoms with van der Waals surface area (Å²) < 4.78 is 0. The lowest BCUT2D eigenvalue weighted by Gasteiger charge is -2.24. The van der Waals surface area contributed by atoms with Crippen LogP contribution in [0.2, 0.25) is 0 Å². The fraction of sp³-hybridized carbons (Fsp3) is 0.333. The molecule has 0 unspecified atom stereocenters. The number of likely N-dealkylation sites (N-methyl/N-ethyl adjacent to an activating group) is 1. The normalized spacial score (nSPS) is 16.7. The first-order valence-electron chi connectivity index (χ1n) is 8.89. The number of aryl methyl sites for hydroxylation is 2. The van der Waals surface area contributed by atoms with Gasteiger partial charge >= 0.3 is 6.03 Å². The van der Waals surface area contributed by atoms with Crippen LogP contribution in [-0.2, 0) is 11.3 Å². The topological polar surface area (TPSA) is 52.7 Å². The Bertz CT molecular complexity index is 784. The summed E-state index contributed by atoms with van der Waals surface area (Å²) in [5.74, 6) is 0.00641. The number of likely N-dealkylation sites (tertiary alicyclic amines) is 1. The number of hydrogen-bond acceptors (Lipinski definition) is 2. The van der Waals surface area contributed by atoms with Gasteiger partial charge in [-0.25, -0.2) is 4.79 Å². The van der Waals surface area contributed by atoms with E-state index in [-0.39, 0.29) is 11.9 Å². The molecule has 0 aliphatic carbocycles. The van der Waals surface area contributed by atoms with E-state index in [1.807, 2.05) is 61.2 Å². The Hall–Kier alpha value is -2.82. The first-order chi connectivity index (χ1) is 12.4. The van der Waals surface area contributed by atoms with Crippen molar-refractivity contribution in [2.75, 3.05) is 18.9 Å². The Labute approximate surface area is 154 Å². The van der Waals surface area contributed by atoms with Crippen LogP contribution in [0.25, 0.3) is 0 Å². The SMILES string of the molecule is Cc1cc(C)cc(NC(=O)N(C)[C@H]2CCN(Cc3ccccc3)C2=O)c1. The van der Waals surface area contributed by atoms with E-state index < -0.39 is 6.04 Å². The van der Waals surface area contributed by atoms with Gasteiger partial charge in [0.25, 0.3) is 0 Å². The van der Waals surface area contributed by atoms with E-state index in [9.17, 15) is 9.59 Å². The van der Waals surface area contributed by atoms with E-state index in [1.54, 1.807) is 7.05 Å². The second kappa shape index (κ2) is 7.60. The molecule has 0 bridgehead atoms. The molecule has 1 N–H and O–H groups in total. The molecule has 1 aliphatic heterocycles. The van der Waals surface area contributed by atoms with Crippen molar-refractivity contribution >= 4 is 17.6 Å².